The maximum Gasteiger partial charge on any atom is 0.104 e. The molecule has 0 N–H and O–H groups in total. The minimum atomic E-state index is 0.392. The Morgan fingerprint density at radius 2 is 1.68 bits per heavy atom. The second-order valence-electron chi connectivity index (χ2n) is 5.16. The zero-order valence-corrected chi connectivity index (χ0v) is 12.1. The first-order valence-electron chi connectivity index (χ1n) is 7.06. The Kier molecular flexibility index (Phi) is 5.37. The molecule has 0 saturated carbocycles. The third-order valence-corrected chi connectivity index (χ3v) is 3.51. The van der Waals surface area contributed by atoms with Crippen LogP contribution in [0.5, 0.6) is 0 Å². The summed E-state index contributed by atoms with van der Waals surface area (Å²) in [7, 11) is 0. The lowest BCUT2D eigenvalue weighted by atomic mass is 10.0. The molecule has 2 unspecified atom stereocenters. The number of hydrogen-bond acceptors (Lipinski definition) is 3. The molecule has 1 aromatic rings. The Morgan fingerprint density at radius 3 is 2.11 bits per heavy atom. The van der Waals surface area contributed by atoms with Gasteiger partial charge in [0.1, 0.15) is 12.2 Å². The standard InChI is InChI=1S/C10H14.C6H10O3/c1-4-10-7-5-6-8(2)9(10)3;1(5-3-8-5)7-2-6-4-9-6/h5-7H,4H2,1-3H3;5-6H,1-4H2. The van der Waals surface area contributed by atoms with E-state index in [2.05, 4.69) is 39.0 Å². The van der Waals surface area contributed by atoms with Crippen molar-refractivity contribution in [2.24, 2.45) is 0 Å². The minimum Gasteiger partial charge on any atom is -0.376 e. The number of ether oxygens (including phenoxy) is 3. The summed E-state index contributed by atoms with van der Waals surface area (Å²) in [5.74, 6) is 0. The normalized spacial score (nSPS) is 23.5. The van der Waals surface area contributed by atoms with Crippen molar-refractivity contribution in [1.29, 1.82) is 0 Å². The van der Waals surface area contributed by atoms with Crippen LogP contribution in [0, 0.1) is 13.8 Å². The van der Waals surface area contributed by atoms with Crippen LogP contribution in [-0.2, 0) is 20.6 Å². The molecule has 0 spiro atoms. The highest BCUT2D eigenvalue weighted by atomic mass is 16.6. The van der Waals surface area contributed by atoms with Gasteiger partial charge in [0, 0.05) is 0 Å². The fourth-order valence-electron chi connectivity index (χ4n) is 1.85. The number of rotatable bonds is 5. The first-order chi connectivity index (χ1) is 9.20. The summed E-state index contributed by atoms with van der Waals surface area (Å²) >= 11 is 0. The quantitative estimate of drug-likeness (QED) is 0.767. The molecule has 2 atom stereocenters. The van der Waals surface area contributed by atoms with Crippen LogP contribution in [0.4, 0.5) is 0 Å². The molecular formula is C16H24O3. The van der Waals surface area contributed by atoms with Crippen molar-refractivity contribution in [2.45, 2.75) is 39.4 Å². The molecule has 2 aliphatic heterocycles. The van der Waals surface area contributed by atoms with Crippen molar-refractivity contribution < 1.29 is 14.2 Å². The highest BCUT2D eigenvalue weighted by Gasteiger charge is 2.26. The number of epoxide rings is 2. The van der Waals surface area contributed by atoms with Crippen LogP contribution >= 0.6 is 0 Å². The fraction of sp³-hybridized carbons (Fsp3) is 0.625. The summed E-state index contributed by atoms with van der Waals surface area (Å²) in [6.45, 7) is 9.81. The molecule has 19 heavy (non-hydrogen) atoms. The predicted molar refractivity (Wildman–Crippen MR) is 75.6 cm³/mol. The SMILES string of the molecule is C(OCC1CO1)C1CO1.CCc1cccc(C)c1C. The van der Waals surface area contributed by atoms with Crippen molar-refractivity contribution >= 4 is 0 Å². The van der Waals surface area contributed by atoms with Gasteiger partial charge in [0.2, 0.25) is 0 Å². The van der Waals surface area contributed by atoms with Crippen LogP contribution in [0.15, 0.2) is 18.2 Å². The Morgan fingerprint density at radius 1 is 1.11 bits per heavy atom. The van der Waals surface area contributed by atoms with E-state index in [0.717, 1.165) is 32.8 Å². The highest BCUT2D eigenvalue weighted by Crippen LogP contribution is 2.13. The van der Waals surface area contributed by atoms with Gasteiger partial charge in [0.15, 0.2) is 0 Å². The molecule has 2 saturated heterocycles. The van der Waals surface area contributed by atoms with Crippen molar-refractivity contribution in [2.75, 3.05) is 26.4 Å². The Balaban J connectivity index is 0.000000141. The average Bonchev–Trinajstić information content (AvgIpc) is 3.27. The van der Waals surface area contributed by atoms with Crippen molar-refractivity contribution in [3.8, 4) is 0 Å². The Bertz CT molecular complexity index is 383. The second-order valence-corrected chi connectivity index (χ2v) is 5.16. The zero-order valence-electron chi connectivity index (χ0n) is 12.1. The smallest absolute Gasteiger partial charge is 0.104 e. The molecule has 0 aliphatic carbocycles. The van der Waals surface area contributed by atoms with Gasteiger partial charge in [0.25, 0.3) is 0 Å². The van der Waals surface area contributed by atoms with E-state index in [0.29, 0.717) is 12.2 Å². The molecule has 3 rings (SSSR count). The van der Waals surface area contributed by atoms with Gasteiger partial charge in [-0.05, 0) is 37.0 Å². The van der Waals surface area contributed by atoms with Gasteiger partial charge in [0.05, 0.1) is 26.4 Å². The van der Waals surface area contributed by atoms with Crippen LogP contribution in [0.2, 0.25) is 0 Å². The topological polar surface area (TPSA) is 34.3 Å². The number of aryl methyl sites for hydroxylation is 2. The number of hydrogen-bond donors (Lipinski definition) is 0. The molecule has 3 heteroatoms. The van der Waals surface area contributed by atoms with Crippen molar-refractivity contribution in [3.63, 3.8) is 0 Å². The van der Waals surface area contributed by atoms with Gasteiger partial charge in [-0.2, -0.15) is 0 Å². The molecule has 2 fully saturated rings. The molecule has 2 aliphatic rings. The van der Waals surface area contributed by atoms with Crippen LogP contribution < -0.4 is 0 Å². The highest BCUT2D eigenvalue weighted by molar-refractivity contribution is 5.32. The fourth-order valence-corrected chi connectivity index (χ4v) is 1.85. The molecule has 0 bridgehead atoms. The van der Waals surface area contributed by atoms with E-state index in [4.69, 9.17) is 14.2 Å². The Hall–Kier alpha value is -0.900. The van der Waals surface area contributed by atoms with Crippen molar-refractivity contribution in [1.82, 2.24) is 0 Å². The molecule has 0 aromatic heterocycles. The Labute approximate surface area is 115 Å². The van der Waals surface area contributed by atoms with Gasteiger partial charge >= 0.3 is 0 Å². The predicted octanol–water partition coefficient (Wildman–Crippen LogP) is 2.67. The van der Waals surface area contributed by atoms with Gasteiger partial charge < -0.3 is 14.2 Å². The summed E-state index contributed by atoms with van der Waals surface area (Å²) in [6, 6.07) is 6.48. The first-order valence-corrected chi connectivity index (χ1v) is 7.06. The van der Waals surface area contributed by atoms with E-state index in [9.17, 15) is 0 Å². The summed E-state index contributed by atoms with van der Waals surface area (Å²) in [5, 5.41) is 0. The van der Waals surface area contributed by atoms with Crippen LogP contribution in [0.25, 0.3) is 0 Å². The third kappa shape index (κ3) is 5.31. The van der Waals surface area contributed by atoms with Crippen LogP contribution in [-0.4, -0.2) is 38.6 Å². The monoisotopic (exact) mass is 264 g/mol. The second kappa shape index (κ2) is 7.04. The van der Waals surface area contributed by atoms with E-state index >= 15 is 0 Å². The zero-order chi connectivity index (χ0) is 13.7. The molecule has 0 radical (unpaired) electrons. The summed E-state index contributed by atoms with van der Waals surface area (Å²) in [4.78, 5) is 0. The van der Waals surface area contributed by atoms with E-state index in [1.165, 1.54) is 16.7 Å². The summed E-state index contributed by atoms with van der Waals surface area (Å²) < 4.78 is 15.1. The minimum absolute atomic E-state index is 0.392. The molecule has 106 valence electrons. The number of benzene rings is 1. The van der Waals surface area contributed by atoms with E-state index in [1.54, 1.807) is 0 Å². The van der Waals surface area contributed by atoms with Crippen molar-refractivity contribution in [3.05, 3.63) is 34.9 Å². The molecule has 3 nitrogen and oxygen atoms in total. The molecular weight excluding hydrogens is 240 g/mol. The van der Waals surface area contributed by atoms with Crippen LogP contribution in [0.1, 0.15) is 23.6 Å². The lowest BCUT2D eigenvalue weighted by molar-refractivity contribution is 0.102. The average molecular weight is 264 g/mol. The summed E-state index contributed by atoms with van der Waals surface area (Å²) in [5.41, 5.74) is 4.32. The summed E-state index contributed by atoms with van der Waals surface area (Å²) in [6.07, 6.45) is 1.93. The van der Waals surface area contributed by atoms with Gasteiger partial charge in [-0.3, -0.25) is 0 Å². The van der Waals surface area contributed by atoms with E-state index < -0.39 is 0 Å². The molecule has 2 heterocycles. The maximum atomic E-state index is 5.23. The van der Waals surface area contributed by atoms with Gasteiger partial charge in [-0.1, -0.05) is 25.1 Å². The van der Waals surface area contributed by atoms with E-state index in [-0.39, 0.29) is 0 Å². The maximum absolute atomic E-state index is 5.23. The molecule has 0 amide bonds. The first kappa shape index (κ1) is 14.5. The third-order valence-electron chi connectivity index (χ3n) is 3.51. The lowest BCUT2D eigenvalue weighted by Gasteiger charge is -2.04. The molecule has 1 aromatic carbocycles. The lowest BCUT2D eigenvalue weighted by Crippen LogP contribution is -2.06. The largest absolute Gasteiger partial charge is 0.376 e. The van der Waals surface area contributed by atoms with Gasteiger partial charge in [-0.25, -0.2) is 0 Å². The van der Waals surface area contributed by atoms with Gasteiger partial charge in [-0.15, -0.1) is 0 Å². The van der Waals surface area contributed by atoms with E-state index in [1.807, 2.05) is 0 Å². The van der Waals surface area contributed by atoms with Crippen LogP contribution in [0.3, 0.4) is 0 Å².